The minimum atomic E-state index is -0.182. The summed E-state index contributed by atoms with van der Waals surface area (Å²) >= 11 is 2.05. The van der Waals surface area contributed by atoms with E-state index < -0.39 is 0 Å². The number of fused-ring (bicyclic) bond motifs is 1. The Balaban J connectivity index is 1.70. The van der Waals surface area contributed by atoms with Crippen molar-refractivity contribution in [1.82, 2.24) is 0 Å². The molecule has 1 N–H and O–H groups in total. The zero-order valence-electron chi connectivity index (χ0n) is 16.0. The molecule has 1 heterocycles. The molecule has 0 atom stereocenters. The van der Waals surface area contributed by atoms with Crippen LogP contribution in [-0.4, -0.2) is 23.3 Å². The van der Waals surface area contributed by atoms with Crippen LogP contribution in [0.3, 0.4) is 0 Å². The molecule has 1 aliphatic heterocycles. The average molecular weight is 498 g/mol. The van der Waals surface area contributed by atoms with Crippen LogP contribution in [0.1, 0.15) is 19.4 Å². The second kappa shape index (κ2) is 7.87. The van der Waals surface area contributed by atoms with Crippen molar-refractivity contribution in [3.63, 3.8) is 0 Å². The molecule has 0 aliphatic carbocycles. The third-order valence-electron chi connectivity index (χ3n) is 4.70. The number of rotatable bonds is 4. The van der Waals surface area contributed by atoms with Gasteiger partial charge in [-0.3, -0.25) is 4.79 Å². The SMILES string of the molecule is CCOc1cc(/C=C2\C(=O)N(c3ccc4ccccc4c3)N=C2C)cc(I)c1O. The number of amides is 1. The number of phenolic OH excluding ortho intramolecular Hbond substituents is 1. The summed E-state index contributed by atoms with van der Waals surface area (Å²) in [7, 11) is 0. The van der Waals surface area contributed by atoms with Gasteiger partial charge in [0.25, 0.3) is 5.91 Å². The lowest BCUT2D eigenvalue weighted by atomic mass is 10.1. The molecule has 0 saturated carbocycles. The molecule has 3 aromatic carbocycles. The fourth-order valence-electron chi connectivity index (χ4n) is 3.28. The highest BCUT2D eigenvalue weighted by molar-refractivity contribution is 14.1. The van der Waals surface area contributed by atoms with Crippen LogP contribution in [0.5, 0.6) is 11.5 Å². The Morgan fingerprint density at radius 2 is 1.90 bits per heavy atom. The summed E-state index contributed by atoms with van der Waals surface area (Å²) in [5, 5.41) is 18.2. The maximum Gasteiger partial charge on any atom is 0.280 e. The largest absolute Gasteiger partial charge is 0.504 e. The molecule has 1 aliphatic rings. The van der Waals surface area contributed by atoms with E-state index in [9.17, 15) is 9.90 Å². The van der Waals surface area contributed by atoms with Crippen molar-refractivity contribution in [2.45, 2.75) is 13.8 Å². The minimum absolute atomic E-state index is 0.107. The lowest BCUT2D eigenvalue weighted by Crippen LogP contribution is -2.21. The fraction of sp³-hybridized carbons (Fsp3) is 0.130. The summed E-state index contributed by atoms with van der Waals surface area (Å²) in [6, 6.07) is 17.4. The Morgan fingerprint density at radius 1 is 1.14 bits per heavy atom. The lowest BCUT2D eigenvalue weighted by Gasteiger charge is -2.13. The smallest absolute Gasteiger partial charge is 0.280 e. The van der Waals surface area contributed by atoms with E-state index in [0.717, 1.165) is 22.0 Å². The second-order valence-corrected chi connectivity index (χ2v) is 7.84. The molecule has 29 heavy (non-hydrogen) atoms. The predicted octanol–water partition coefficient (Wildman–Crippen LogP) is 5.35. The number of benzene rings is 3. The zero-order valence-corrected chi connectivity index (χ0v) is 18.2. The molecular formula is C23H19IN2O3. The highest BCUT2D eigenvalue weighted by Crippen LogP contribution is 2.34. The Labute approximate surface area is 182 Å². The van der Waals surface area contributed by atoms with Crippen LogP contribution < -0.4 is 9.75 Å². The topological polar surface area (TPSA) is 62.1 Å². The fourth-order valence-corrected chi connectivity index (χ4v) is 3.90. The third-order valence-corrected chi connectivity index (χ3v) is 5.52. The minimum Gasteiger partial charge on any atom is -0.504 e. The standard InChI is InChI=1S/C23H19IN2O3/c1-3-29-21-12-15(11-20(24)22(21)27)10-19-14(2)25-26(23(19)28)18-9-8-16-6-4-5-7-17(16)13-18/h4-13,27H,3H2,1-2H3/b19-10-. The van der Waals surface area contributed by atoms with Gasteiger partial charge >= 0.3 is 0 Å². The molecule has 146 valence electrons. The van der Waals surface area contributed by atoms with Crippen LogP contribution in [0.15, 0.2) is 65.3 Å². The highest BCUT2D eigenvalue weighted by atomic mass is 127. The van der Waals surface area contributed by atoms with Gasteiger partial charge in [0.15, 0.2) is 11.5 Å². The quantitative estimate of drug-likeness (QED) is 0.390. The van der Waals surface area contributed by atoms with Crippen molar-refractivity contribution in [1.29, 1.82) is 0 Å². The summed E-state index contributed by atoms with van der Waals surface area (Å²) in [5.74, 6) is 0.326. The molecule has 0 radical (unpaired) electrons. The highest BCUT2D eigenvalue weighted by Gasteiger charge is 2.29. The number of aromatic hydroxyl groups is 1. The van der Waals surface area contributed by atoms with Gasteiger partial charge in [-0.1, -0.05) is 30.3 Å². The molecule has 0 fully saturated rings. The molecule has 5 nitrogen and oxygen atoms in total. The first-order valence-electron chi connectivity index (χ1n) is 9.23. The van der Waals surface area contributed by atoms with Gasteiger partial charge < -0.3 is 9.84 Å². The van der Waals surface area contributed by atoms with E-state index in [1.165, 1.54) is 5.01 Å². The molecule has 0 bridgehead atoms. The maximum absolute atomic E-state index is 13.1. The average Bonchev–Trinajstić information content (AvgIpc) is 2.99. The number of halogens is 1. The van der Waals surface area contributed by atoms with E-state index in [1.54, 1.807) is 12.1 Å². The molecule has 0 spiro atoms. The Morgan fingerprint density at radius 3 is 2.66 bits per heavy atom. The van der Waals surface area contributed by atoms with Gasteiger partial charge in [0.05, 0.1) is 27.1 Å². The van der Waals surface area contributed by atoms with Crippen LogP contribution >= 0.6 is 22.6 Å². The number of ether oxygens (including phenoxy) is 1. The van der Waals surface area contributed by atoms with Crippen LogP contribution in [0.2, 0.25) is 0 Å². The van der Waals surface area contributed by atoms with E-state index in [-0.39, 0.29) is 11.7 Å². The number of anilines is 1. The monoisotopic (exact) mass is 498 g/mol. The summed E-state index contributed by atoms with van der Waals surface area (Å²) in [5.41, 5.74) is 2.66. The molecule has 6 heteroatoms. The van der Waals surface area contributed by atoms with Gasteiger partial charge in [0, 0.05) is 0 Å². The first-order valence-corrected chi connectivity index (χ1v) is 10.3. The van der Waals surface area contributed by atoms with Crippen LogP contribution in [0, 0.1) is 3.57 Å². The number of hydrogen-bond donors (Lipinski definition) is 1. The molecule has 3 aromatic rings. The van der Waals surface area contributed by atoms with Crippen molar-refractivity contribution in [3.8, 4) is 11.5 Å². The van der Waals surface area contributed by atoms with E-state index in [2.05, 4.69) is 5.10 Å². The van der Waals surface area contributed by atoms with Crippen LogP contribution in [0.4, 0.5) is 5.69 Å². The molecule has 0 saturated heterocycles. The van der Waals surface area contributed by atoms with Crippen LogP contribution in [-0.2, 0) is 4.79 Å². The molecular weight excluding hydrogens is 479 g/mol. The number of carbonyl (C=O) groups is 1. The van der Waals surface area contributed by atoms with Crippen LogP contribution in [0.25, 0.3) is 16.8 Å². The van der Waals surface area contributed by atoms with E-state index in [0.29, 0.717) is 27.2 Å². The van der Waals surface area contributed by atoms with Gasteiger partial charge in [-0.25, -0.2) is 0 Å². The summed E-state index contributed by atoms with van der Waals surface area (Å²) in [6.45, 7) is 4.12. The van der Waals surface area contributed by atoms with Crippen molar-refractivity contribution in [2.24, 2.45) is 5.10 Å². The molecule has 1 amide bonds. The lowest BCUT2D eigenvalue weighted by molar-refractivity contribution is -0.114. The molecule has 4 rings (SSSR count). The van der Waals surface area contributed by atoms with Crippen molar-refractivity contribution in [3.05, 3.63) is 69.3 Å². The first-order chi connectivity index (χ1) is 14.0. The Kier molecular flexibility index (Phi) is 5.27. The number of hydrogen-bond acceptors (Lipinski definition) is 4. The van der Waals surface area contributed by atoms with E-state index in [1.807, 2.05) is 85.0 Å². The second-order valence-electron chi connectivity index (χ2n) is 6.67. The first kappa shape index (κ1) is 19.4. The summed E-state index contributed by atoms with van der Waals surface area (Å²) < 4.78 is 6.16. The van der Waals surface area contributed by atoms with Gasteiger partial charge in [-0.2, -0.15) is 10.1 Å². The zero-order chi connectivity index (χ0) is 20.5. The third kappa shape index (κ3) is 3.72. The van der Waals surface area contributed by atoms with Gasteiger partial charge in [0.1, 0.15) is 0 Å². The Bertz CT molecular complexity index is 1180. The van der Waals surface area contributed by atoms with Gasteiger partial charge in [-0.05, 0) is 83.1 Å². The normalized spacial score (nSPS) is 15.3. The number of phenols is 1. The summed E-state index contributed by atoms with van der Waals surface area (Å²) in [4.78, 5) is 13.1. The number of carbonyl (C=O) groups excluding carboxylic acids is 1. The Hall–Kier alpha value is -2.87. The van der Waals surface area contributed by atoms with E-state index in [4.69, 9.17) is 4.74 Å². The summed E-state index contributed by atoms with van der Waals surface area (Å²) in [6.07, 6.45) is 1.78. The number of hydrazone groups is 1. The van der Waals surface area contributed by atoms with Crippen molar-refractivity contribution >= 4 is 56.7 Å². The van der Waals surface area contributed by atoms with Gasteiger partial charge in [0.2, 0.25) is 0 Å². The van der Waals surface area contributed by atoms with Gasteiger partial charge in [-0.15, -0.1) is 0 Å². The van der Waals surface area contributed by atoms with Crippen molar-refractivity contribution < 1.29 is 14.6 Å². The van der Waals surface area contributed by atoms with Crippen molar-refractivity contribution in [2.75, 3.05) is 11.6 Å². The number of nitrogens with zero attached hydrogens (tertiary/aromatic N) is 2. The maximum atomic E-state index is 13.1. The molecule has 0 aromatic heterocycles. The molecule has 0 unspecified atom stereocenters. The van der Waals surface area contributed by atoms with E-state index >= 15 is 0 Å². The predicted molar refractivity (Wildman–Crippen MR) is 125 cm³/mol.